The van der Waals surface area contributed by atoms with Crippen LogP contribution in [0.1, 0.15) is 30.1 Å². The molecule has 2 heterocycles. The number of carbonyl (C=O) groups is 1. The van der Waals surface area contributed by atoms with Gasteiger partial charge >= 0.3 is 0 Å². The first-order chi connectivity index (χ1) is 9.15. The fraction of sp³-hybridized carbons (Fsp3) is 0.400. The van der Waals surface area contributed by atoms with Crippen molar-refractivity contribution in [1.82, 2.24) is 4.90 Å². The molecule has 1 amide bonds. The van der Waals surface area contributed by atoms with Gasteiger partial charge in [-0.25, -0.2) is 0 Å². The lowest BCUT2D eigenvalue weighted by molar-refractivity contribution is 0.0474. The highest BCUT2D eigenvalue weighted by Gasteiger charge is 2.40. The zero-order chi connectivity index (χ0) is 13.5. The molecule has 0 aliphatic carbocycles. The molecule has 1 atom stereocenters. The predicted molar refractivity (Wildman–Crippen MR) is 72.0 cm³/mol. The third kappa shape index (κ3) is 1.83. The first-order valence-electron chi connectivity index (χ1n) is 6.55. The highest BCUT2D eigenvalue weighted by atomic mass is 16.3. The molecule has 1 unspecified atom stereocenters. The summed E-state index contributed by atoms with van der Waals surface area (Å²) in [7, 11) is 0. The lowest BCUT2D eigenvalue weighted by Crippen LogP contribution is -2.47. The summed E-state index contributed by atoms with van der Waals surface area (Å²) in [5.74, 6) is -0.0565. The van der Waals surface area contributed by atoms with Crippen LogP contribution in [0.3, 0.4) is 0 Å². The molecular formula is C15H17NO3. The Morgan fingerprint density at radius 3 is 3.05 bits per heavy atom. The highest BCUT2D eigenvalue weighted by Crippen LogP contribution is 2.32. The minimum Gasteiger partial charge on any atom is -0.463 e. The number of amides is 1. The molecular weight excluding hydrogens is 242 g/mol. The number of para-hydroxylation sites is 1. The number of carbonyl (C=O) groups excluding carboxylic acids is 1. The van der Waals surface area contributed by atoms with Gasteiger partial charge in [0.1, 0.15) is 11.8 Å². The van der Waals surface area contributed by atoms with E-state index in [0.29, 0.717) is 12.1 Å². The van der Waals surface area contributed by atoms with Crippen LogP contribution in [0.15, 0.2) is 34.9 Å². The molecule has 1 saturated heterocycles. The Labute approximate surface area is 111 Å². The molecule has 100 valence electrons. The van der Waals surface area contributed by atoms with Crippen molar-refractivity contribution in [2.24, 2.45) is 0 Å². The van der Waals surface area contributed by atoms with E-state index in [1.54, 1.807) is 4.90 Å². The molecule has 0 radical (unpaired) electrons. The molecule has 3 rings (SSSR count). The number of rotatable bonds is 2. The SMILES string of the molecule is CC1(CO)CCCN1C(=O)c1coc2ccccc12. The molecule has 0 spiro atoms. The maximum atomic E-state index is 12.7. The smallest absolute Gasteiger partial charge is 0.258 e. The van der Waals surface area contributed by atoms with Crippen molar-refractivity contribution in [1.29, 1.82) is 0 Å². The molecule has 1 fully saturated rings. The molecule has 0 saturated carbocycles. The van der Waals surface area contributed by atoms with E-state index in [1.165, 1.54) is 6.26 Å². The van der Waals surface area contributed by atoms with Crippen LogP contribution in [0, 0.1) is 0 Å². The summed E-state index contributed by atoms with van der Waals surface area (Å²) >= 11 is 0. The van der Waals surface area contributed by atoms with Crippen molar-refractivity contribution in [3.05, 3.63) is 36.1 Å². The number of fused-ring (bicyclic) bond motifs is 1. The number of benzene rings is 1. The van der Waals surface area contributed by atoms with Gasteiger partial charge in [0.25, 0.3) is 5.91 Å². The van der Waals surface area contributed by atoms with Crippen LogP contribution in [-0.2, 0) is 0 Å². The summed E-state index contributed by atoms with van der Waals surface area (Å²) in [5.41, 5.74) is 0.850. The Bertz CT molecular complexity index is 619. The number of nitrogens with zero attached hydrogens (tertiary/aromatic N) is 1. The maximum absolute atomic E-state index is 12.7. The molecule has 1 aromatic carbocycles. The zero-order valence-electron chi connectivity index (χ0n) is 10.9. The van der Waals surface area contributed by atoms with E-state index >= 15 is 0 Å². The third-order valence-electron chi connectivity index (χ3n) is 4.05. The minimum atomic E-state index is -0.449. The summed E-state index contributed by atoms with van der Waals surface area (Å²) in [6.07, 6.45) is 3.28. The fourth-order valence-corrected chi connectivity index (χ4v) is 2.82. The number of hydrogen-bond acceptors (Lipinski definition) is 3. The maximum Gasteiger partial charge on any atom is 0.258 e. The van der Waals surface area contributed by atoms with Gasteiger partial charge in [-0.15, -0.1) is 0 Å². The van der Waals surface area contributed by atoms with E-state index in [1.807, 2.05) is 31.2 Å². The molecule has 4 heteroatoms. The van der Waals surface area contributed by atoms with Gasteiger partial charge in [0.15, 0.2) is 0 Å². The summed E-state index contributed by atoms with van der Waals surface area (Å²) in [4.78, 5) is 14.4. The van der Waals surface area contributed by atoms with Gasteiger partial charge in [0.2, 0.25) is 0 Å². The third-order valence-corrected chi connectivity index (χ3v) is 4.05. The van der Waals surface area contributed by atoms with Crippen LogP contribution in [0.2, 0.25) is 0 Å². The van der Waals surface area contributed by atoms with Crippen molar-refractivity contribution in [3.8, 4) is 0 Å². The number of hydrogen-bond donors (Lipinski definition) is 1. The summed E-state index contributed by atoms with van der Waals surface area (Å²) in [5, 5.41) is 10.4. The molecule has 4 nitrogen and oxygen atoms in total. The van der Waals surface area contributed by atoms with E-state index in [4.69, 9.17) is 4.42 Å². The second kappa shape index (κ2) is 4.38. The molecule has 1 aliphatic heterocycles. The van der Waals surface area contributed by atoms with E-state index < -0.39 is 5.54 Å². The van der Waals surface area contributed by atoms with Gasteiger partial charge in [0, 0.05) is 11.9 Å². The quantitative estimate of drug-likeness (QED) is 0.901. The van der Waals surface area contributed by atoms with E-state index in [-0.39, 0.29) is 12.5 Å². The largest absolute Gasteiger partial charge is 0.463 e. The van der Waals surface area contributed by atoms with E-state index in [0.717, 1.165) is 23.8 Å². The average Bonchev–Trinajstić information content (AvgIpc) is 3.02. The molecule has 1 aromatic heterocycles. The molecule has 1 N–H and O–H groups in total. The first kappa shape index (κ1) is 12.2. The van der Waals surface area contributed by atoms with Crippen LogP contribution in [0.4, 0.5) is 0 Å². The first-order valence-corrected chi connectivity index (χ1v) is 6.55. The van der Waals surface area contributed by atoms with Crippen molar-refractivity contribution in [2.45, 2.75) is 25.3 Å². The minimum absolute atomic E-state index is 0.00543. The van der Waals surface area contributed by atoms with Crippen LogP contribution in [0.5, 0.6) is 0 Å². The standard InChI is InChI=1S/C15H17NO3/c1-15(10-17)7-4-8-16(15)14(18)12-9-19-13-6-3-2-5-11(12)13/h2-3,5-6,9,17H,4,7-8,10H2,1H3. The van der Waals surface area contributed by atoms with Gasteiger partial charge in [0.05, 0.1) is 17.7 Å². The van der Waals surface area contributed by atoms with Gasteiger partial charge in [-0.2, -0.15) is 0 Å². The average molecular weight is 259 g/mol. The van der Waals surface area contributed by atoms with Crippen LogP contribution >= 0.6 is 0 Å². The monoisotopic (exact) mass is 259 g/mol. The Balaban J connectivity index is 2.00. The van der Waals surface area contributed by atoms with Crippen LogP contribution < -0.4 is 0 Å². The lowest BCUT2D eigenvalue weighted by atomic mass is 9.99. The Hall–Kier alpha value is -1.81. The number of aliphatic hydroxyl groups is 1. The zero-order valence-corrected chi connectivity index (χ0v) is 10.9. The molecule has 0 bridgehead atoms. The Morgan fingerprint density at radius 2 is 2.26 bits per heavy atom. The lowest BCUT2D eigenvalue weighted by Gasteiger charge is -2.33. The van der Waals surface area contributed by atoms with Gasteiger partial charge in [-0.05, 0) is 25.8 Å². The topological polar surface area (TPSA) is 53.7 Å². The van der Waals surface area contributed by atoms with Gasteiger partial charge in [-0.1, -0.05) is 18.2 Å². The normalized spacial score (nSPS) is 23.2. The molecule has 2 aromatic rings. The highest BCUT2D eigenvalue weighted by molar-refractivity contribution is 6.06. The van der Waals surface area contributed by atoms with Crippen molar-refractivity contribution >= 4 is 16.9 Å². The Kier molecular flexibility index (Phi) is 2.82. The number of furan rings is 1. The van der Waals surface area contributed by atoms with Crippen molar-refractivity contribution < 1.29 is 14.3 Å². The van der Waals surface area contributed by atoms with Crippen molar-refractivity contribution in [2.75, 3.05) is 13.2 Å². The van der Waals surface area contributed by atoms with Crippen molar-refractivity contribution in [3.63, 3.8) is 0 Å². The van der Waals surface area contributed by atoms with Gasteiger partial charge in [-0.3, -0.25) is 4.79 Å². The van der Waals surface area contributed by atoms with Gasteiger partial charge < -0.3 is 14.4 Å². The number of likely N-dealkylation sites (tertiary alicyclic amines) is 1. The van der Waals surface area contributed by atoms with E-state index in [9.17, 15) is 9.90 Å². The Morgan fingerprint density at radius 1 is 1.47 bits per heavy atom. The fourth-order valence-electron chi connectivity index (χ4n) is 2.82. The second-order valence-electron chi connectivity index (χ2n) is 5.36. The van der Waals surface area contributed by atoms with Crippen LogP contribution in [-0.4, -0.2) is 34.6 Å². The summed E-state index contributed by atoms with van der Waals surface area (Å²) < 4.78 is 5.42. The van der Waals surface area contributed by atoms with E-state index in [2.05, 4.69) is 0 Å². The predicted octanol–water partition coefficient (Wildman–Crippen LogP) is 2.42. The van der Waals surface area contributed by atoms with Crippen LogP contribution in [0.25, 0.3) is 11.0 Å². The summed E-state index contributed by atoms with van der Waals surface area (Å²) in [6, 6.07) is 7.51. The molecule has 19 heavy (non-hydrogen) atoms. The second-order valence-corrected chi connectivity index (χ2v) is 5.36. The number of aliphatic hydroxyl groups excluding tert-OH is 1. The summed E-state index contributed by atoms with van der Waals surface area (Å²) in [6.45, 7) is 2.62. The molecule has 1 aliphatic rings.